The third-order valence-corrected chi connectivity index (χ3v) is 2.86. The molecule has 0 atom stereocenters. The van der Waals surface area contributed by atoms with Crippen LogP contribution in [-0.4, -0.2) is 49.1 Å². The van der Waals surface area contributed by atoms with Gasteiger partial charge in [0.05, 0.1) is 13.2 Å². The molecule has 25 heavy (non-hydrogen) atoms. The lowest BCUT2D eigenvalue weighted by Gasteiger charge is -2.24. The van der Waals surface area contributed by atoms with Gasteiger partial charge in [0.15, 0.2) is 5.82 Å². The van der Waals surface area contributed by atoms with Crippen molar-refractivity contribution in [2.24, 2.45) is 0 Å². The van der Waals surface area contributed by atoms with Crippen LogP contribution < -0.4 is 15.0 Å². The van der Waals surface area contributed by atoms with Crippen LogP contribution in [0.25, 0.3) is 0 Å². The van der Waals surface area contributed by atoms with Crippen molar-refractivity contribution < 1.29 is 19.3 Å². The number of aromatic nitrogens is 2. The molecule has 0 radical (unpaired) electrons. The molecule has 1 aromatic heterocycles. The topological polar surface area (TPSA) is 88.1 Å². The first-order valence-electron chi connectivity index (χ1n) is 7.75. The highest BCUT2D eigenvalue weighted by molar-refractivity contribution is 5.74. The van der Waals surface area contributed by atoms with Crippen LogP contribution in [0, 0.1) is 0 Å². The number of hydrogen-bond donors (Lipinski definition) is 0. The molecule has 0 aromatic carbocycles. The summed E-state index contributed by atoms with van der Waals surface area (Å²) in [5.74, 6) is 0.605. The molecule has 1 rings (SSSR count). The Morgan fingerprint density at radius 2 is 1.48 bits per heavy atom. The average molecular weight is 349 g/mol. The highest BCUT2D eigenvalue weighted by Crippen LogP contribution is 2.23. The molecule has 0 unspecified atom stereocenters. The van der Waals surface area contributed by atoms with Crippen molar-refractivity contribution >= 4 is 30.4 Å². The first kappa shape index (κ1) is 20.3. The van der Waals surface area contributed by atoms with Gasteiger partial charge in [0.2, 0.25) is 12.8 Å². The maximum atomic E-state index is 11.3. The summed E-state index contributed by atoms with van der Waals surface area (Å²) in [4.78, 5) is 43.3. The second-order valence-electron chi connectivity index (χ2n) is 4.56. The monoisotopic (exact) mass is 349 g/mol. The smallest absolute Gasteiger partial charge is 0.261 e. The van der Waals surface area contributed by atoms with E-state index in [1.165, 1.54) is 0 Å². The maximum Gasteiger partial charge on any atom is 0.261 e. The number of carbonyl (C=O) groups excluding carboxylic acids is 2. The number of nitrogens with zero attached hydrogens (tertiary/aromatic N) is 5. The van der Waals surface area contributed by atoms with Crippen LogP contribution >= 0.6 is 0 Å². The zero-order chi connectivity index (χ0) is 18.7. The van der Waals surface area contributed by atoms with Crippen LogP contribution in [0.1, 0.15) is 13.8 Å². The van der Waals surface area contributed by atoms with E-state index in [9.17, 15) is 9.59 Å². The molecule has 0 saturated carbocycles. The first-order chi connectivity index (χ1) is 12.1. The zero-order valence-corrected chi connectivity index (χ0v) is 14.5. The Morgan fingerprint density at radius 3 is 1.96 bits per heavy atom. The van der Waals surface area contributed by atoms with E-state index in [-0.39, 0.29) is 25.0 Å². The van der Waals surface area contributed by atoms with Crippen molar-refractivity contribution in [1.82, 2.24) is 9.97 Å². The molecule has 1 aromatic rings. The summed E-state index contributed by atoms with van der Waals surface area (Å²) in [6, 6.07) is 1.56. The fourth-order valence-electron chi connectivity index (χ4n) is 1.92. The second kappa shape index (κ2) is 10.9. The standard InChI is InChI=1S/C16H23N5O4/c1-5-9-19(10-6-2)14-11-15(20(12-22)24-7-3)18-16(17-14)21(13-23)25-8-4/h5-6,11-13H,1-2,7-10H2,3-4H3. The summed E-state index contributed by atoms with van der Waals surface area (Å²) < 4.78 is 0. The van der Waals surface area contributed by atoms with Crippen molar-refractivity contribution in [3.05, 3.63) is 31.4 Å². The summed E-state index contributed by atoms with van der Waals surface area (Å²) in [6.45, 7) is 12.3. The fraction of sp³-hybridized carbons (Fsp3) is 0.375. The second-order valence-corrected chi connectivity index (χ2v) is 4.56. The van der Waals surface area contributed by atoms with Crippen molar-refractivity contribution in [1.29, 1.82) is 0 Å². The van der Waals surface area contributed by atoms with Crippen LogP contribution in [0.15, 0.2) is 31.4 Å². The molecular formula is C16H23N5O4. The van der Waals surface area contributed by atoms with Crippen molar-refractivity contribution in [2.45, 2.75) is 13.8 Å². The number of amides is 2. The van der Waals surface area contributed by atoms with Gasteiger partial charge in [0.1, 0.15) is 5.82 Å². The lowest BCUT2D eigenvalue weighted by Crippen LogP contribution is -2.30. The first-order valence-corrected chi connectivity index (χ1v) is 7.75. The Hall–Kier alpha value is -2.78. The Morgan fingerprint density at radius 1 is 0.960 bits per heavy atom. The minimum atomic E-state index is -0.0194. The Kier molecular flexibility index (Phi) is 8.83. The van der Waals surface area contributed by atoms with Gasteiger partial charge in [-0.1, -0.05) is 12.2 Å². The van der Waals surface area contributed by atoms with E-state index in [1.54, 1.807) is 32.1 Å². The fourth-order valence-corrected chi connectivity index (χ4v) is 1.92. The van der Waals surface area contributed by atoms with Crippen LogP contribution in [0.2, 0.25) is 0 Å². The van der Waals surface area contributed by atoms with Crippen LogP contribution in [-0.2, 0) is 19.3 Å². The van der Waals surface area contributed by atoms with E-state index in [2.05, 4.69) is 23.1 Å². The van der Waals surface area contributed by atoms with Crippen molar-refractivity contribution in [3.8, 4) is 0 Å². The third-order valence-electron chi connectivity index (χ3n) is 2.86. The van der Waals surface area contributed by atoms with Crippen molar-refractivity contribution in [2.75, 3.05) is 41.3 Å². The number of anilines is 3. The van der Waals surface area contributed by atoms with E-state index in [1.807, 2.05) is 4.90 Å². The van der Waals surface area contributed by atoms with Gasteiger partial charge in [-0.25, -0.2) is 0 Å². The van der Waals surface area contributed by atoms with Crippen LogP contribution in [0.4, 0.5) is 17.6 Å². The van der Waals surface area contributed by atoms with E-state index in [4.69, 9.17) is 9.68 Å². The largest absolute Gasteiger partial charge is 0.349 e. The van der Waals surface area contributed by atoms with Gasteiger partial charge in [0.25, 0.3) is 5.95 Å². The number of hydroxylamine groups is 2. The lowest BCUT2D eigenvalue weighted by molar-refractivity contribution is -0.114. The lowest BCUT2D eigenvalue weighted by atomic mass is 10.4. The molecule has 0 fully saturated rings. The average Bonchev–Trinajstić information content (AvgIpc) is 2.63. The van der Waals surface area contributed by atoms with E-state index >= 15 is 0 Å². The molecule has 0 saturated heterocycles. The molecule has 0 aliphatic carbocycles. The number of hydrogen-bond acceptors (Lipinski definition) is 7. The van der Waals surface area contributed by atoms with Crippen LogP contribution in [0.5, 0.6) is 0 Å². The molecule has 0 N–H and O–H groups in total. The summed E-state index contributed by atoms with van der Waals surface area (Å²) in [5.41, 5.74) is 0. The third kappa shape index (κ3) is 5.66. The molecule has 0 bridgehead atoms. The van der Waals surface area contributed by atoms with E-state index in [0.29, 0.717) is 31.7 Å². The molecule has 136 valence electrons. The molecule has 2 amide bonds. The van der Waals surface area contributed by atoms with Crippen LogP contribution in [0.3, 0.4) is 0 Å². The number of carbonyl (C=O) groups is 2. The Bertz CT molecular complexity index is 550. The SMILES string of the molecule is C=CCN(CC=C)c1cc(N(C=O)OCC)nc(N(C=O)OCC)n1. The molecule has 9 nitrogen and oxygen atoms in total. The molecule has 0 spiro atoms. The predicted molar refractivity (Wildman–Crippen MR) is 95.0 cm³/mol. The Labute approximate surface area is 147 Å². The molecule has 9 heteroatoms. The molecule has 0 aliphatic heterocycles. The minimum Gasteiger partial charge on any atom is -0.349 e. The van der Waals surface area contributed by atoms with Gasteiger partial charge in [-0.05, 0) is 13.8 Å². The molecule has 0 aliphatic rings. The predicted octanol–water partition coefficient (Wildman–Crippen LogP) is 1.48. The normalized spacial score (nSPS) is 10.0. The maximum absolute atomic E-state index is 11.3. The Balaban J connectivity index is 3.42. The van der Waals surface area contributed by atoms with Gasteiger partial charge >= 0.3 is 0 Å². The zero-order valence-electron chi connectivity index (χ0n) is 14.5. The van der Waals surface area contributed by atoms with Gasteiger partial charge in [-0.2, -0.15) is 20.1 Å². The van der Waals surface area contributed by atoms with E-state index in [0.717, 1.165) is 10.1 Å². The van der Waals surface area contributed by atoms with Crippen molar-refractivity contribution in [3.63, 3.8) is 0 Å². The summed E-state index contributed by atoms with van der Waals surface area (Å²) in [7, 11) is 0. The highest BCUT2D eigenvalue weighted by Gasteiger charge is 2.18. The quantitative estimate of drug-likeness (QED) is 0.303. The summed E-state index contributed by atoms with van der Waals surface area (Å²) in [6.07, 6.45) is 4.33. The number of rotatable bonds is 13. The summed E-state index contributed by atoms with van der Waals surface area (Å²) >= 11 is 0. The minimum absolute atomic E-state index is 0.0194. The van der Waals surface area contributed by atoms with E-state index < -0.39 is 0 Å². The van der Waals surface area contributed by atoms with Gasteiger partial charge in [-0.3, -0.25) is 19.3 Å². The van der Waals surface area contributed by atoms with Gasteiger partial charge < -0.3 is 4.90 Å². The molecular weight excluding hydrogens is 326 g/mol. The van der Waals surface area contributed by atoms with Gasteiger partial charge in [0, 0.05) is 19.2 Å². The van der Waals surface area contributed by atoms with Gasteiger partial charge in [-0.15, -0.1) is 13.2 Å². The highest BCUT2D eigenvalue weighted by atomic mass is 16.7. The molecule has 1 heterocycles. The summed E-state index contributed by atoms with van der Waals surface area (Å²) in [5, 5.41) is 1.85.